The lowest BCUT2D eigenvalue weighted by Gasteiger charge is -2.12. The molecule has 0 aliphatic carbocycles. The molecule has 1 heterocycles. The van der Waals surface area contributed by atoms with Gasteiger partial charge in [-0.15, -0.1) is 0 Å². The van der Waals surface area contributed by atoms with E-state index in [0.717, 1.165) is 11.1 Å². The van der Waals surface area contributed by atoms with Crippen molar-refractivity contribution in [1.29, 1.82) is 5.26 Å². The summed E-state index contributed by atoms with van der Waals surface area (Å²) in [5.41, 5.74) is 2.56. The molecule has 0 bridgehead atoms. The van der Waals surface area contributed by atoms with Gasteiger partial charge in [-0.05, 0) is 30.7 Å². The summed E-state index contributed by atoms with van der Waals surface area (Å²) in [4.78, 5) is 8.05. The van der Waals surface area contributed by atoms with Crippen LogP contribution in [0.5, 0.6) is 11.5 Å². The van der Waals surface area contributed by atoms with Crippen molar-refractivity contribution in [3.05, 3.63) is 35.8 Å². The van der Waals surface area contributed by atoms with Crippen LogP contribution in [0.4, 0.5) is 0 Å². The molecule has 0 radical (unpaired) electrons. The van der Waals surface area contributed by atoms with E-state index in [1.54, 1.807) is 26.5 Å². The molecule has 96 valence electrons. The lowest BCUT2D eigenvalue weighted by molar-refractivity contribution is 0.355. The Labute approximate surface area is 111 Å². The highest BCUT2D eigenvalue weighted by molar-refractivity contribution is 5.68. The van der Waals surface area contributed by atoms with Gasteiger partial charge in [0.15, 0.2) is 11.5 Å². The number of methoxy groups -OCH3 is 2. The number of hydrogen-bond acceptors (Lipinski definition) is 5. The van der Waals surface area contributed by atoms with Gasteiger partial charge in [0.25, 0.3) is 0 Å². The maximum atomic E-state index is 8.84. The smallest absolute Gasteiger partial charge is 0.232 e. The van der Waals surface area contributed by atoms with Crippen LogP contribution in [0, 0.1) is 18.3 Å². The van der Waals surface area contributed by atoms with E-state index >= 15 is 0 Å². The first-order chi connectivity index (χ1) is 9.19. The predicted octanol–water partition coefficient (Wildman–Crippen LogP) is 2.34. The number of rotatable bonds is 3. The van der Waals surface area contributed by atoms with Gasteiger partial charge < -0.3 is 9.47 Å². The average Bonchev–Trinajstić information content (AvgIpc) is 2.46. The first kappa shape index (κ1) is 12.8. The molecule has 0 N–H and O–H groups in total. The van der Waals surface area contributed by atoms with Gasteiger partial charge in [0, 0.05) is 11.8 Å². The molecule has 1 aromatic heterocycles. The lowest BCUT2D eigenvalue weighted by atomic mass is 10.0. The molecule has 0 aliphatic heterocycles. The van der Waals surface area contributed by atoms with E-state index in [1.165, 1.54) is 0 Å². The molecule has 0 unspecified atom stereocenters. The van der Waals surface area contributed by atoms with Crippen molar-refractivity contribution in [2.75, 3.05) is 14.2 Å². The third-order valence-corrected chi connectivity index (χ3v) is 2.76. The van der Waals surface area contributed by atoms with Crippen molar-refractivity contribution in [3.8, 4) is 28.8 Å². The van der Waals surface area contributed by atoms with Gasteiger partial charge in [-0.25, -0.2) is 9.97 Å². The molecule has 0 spiro atoms. The monoisotopic (exact) mass is 255 g/mol. The van der Waals surface area contributed by atoms with Gasteiger partial charge >= 0.3 is 0 Å². The van der Waals surface area contributed by atoms with E-state index in [0.29, 0.717) is 17.2 Å². The van der Waals surface area contributed by atoms with E-state index < -0.39 is 0 Å². The molecule has 0 saturated carbocycles. The Balaban J connectivity index is 2.59. The molecular weight excluding hydrogens is 242 g/mol. The molecule has 0 saturated heterocycles. The van der Waals surface area contributed by atoms with Gasteiger partial charge in [-0.2, -0.15) is 5.26 Å². The minimum absolute atomic E-state index is 0.145. The van der Waals surface area contributed by atoms with Gasteiger partial charge in [0.05, 0.1) is 19.9 Å². The number of aryl methyl sites for hydroxylation is 1. The van der Waals surface area contributed by atoms with Crippen molar-refractivity contribution >= 4 is 0 Å². The van der Waals surface area contributed by atoms with Crippen LogP contribution in [0.1, 0.15) is 11.4 Å². The summed E-state index contributed by atoms with van der Waals surface area (Å²) in [6, 6.07) is 7.41. The van der Waals surface area contributed by atoms with E-state index in [9.17, 15) is 0 Å². The average molecular weight is 255 g/mol. The van der Waals surface area contributed by atoms with Crippen molar-refractivity contribution in [3.63, 3.8) is 0 Å². The maximum absolute atomic E-state index is 8.84. The van der Waals surface area contributed by atoms with Crippen LogP contribution < -0.4 is 9.47 Å². The first-order valence-corrected chi connectivity index (χ1v) is 5.65. The minimum atomic E-state index is 0.145. The van der Waals surface area contributed by atoms with Crippen molar-refractivity contribution < 1.29 is 9.47 Å². The zero-order chi connectivity index (χ0) is 13.8. The molecule has 2 rings (SSSR count). The quantitative estimate of drug-likeness (QED) is 0.842. The molecule has 19 heavy (non-hydrogen) atoms. The third-order valence-electron chi connectivity index (χ3n) is 2.76. The molecule has 0 aliphatic rings. The third kappa shape index (κ3) is 2.47. The van der Waals surface area contributed by atoms with Crippen molar-refractivity contribution in [2.24, 2.45) is 0 Å². The Hall–Kier alpha value is -2.61. The summed E-state index contributed by atoms with van der Waals surface area (Å²) in [5, 5.41) is 8.84. The highest BCUT2D eigenvalue weighted by Gasteiger charge is 2.11. The Morgan fingerprint density at radius 1 is 1.16 bits per heavy atom. The maximum Gasteiger partial charge on any atom is 0.232 e. The van der Waals surface area contributed by atoms with Gasteiger partial charge in [0.2, 0.25) is 5.82 Å². The second-order valence-corrected chi connectivity index (χ2v) is 3.90. The molecule has 0 amide bonds. The molecule has 1 aromatic carbocycles. The van der Waals surface area contributed by atoms with Crippen molar-refractivity contribution in [1.82, 2.24) is 9.97 Å². The number of nitrogens with zero attached hydrogens (tertiary/aromatic N) is 3. The van der Waals surface area contributed by atoms with E-state index in [-0.39, 0.29) is 5.82 Å². The highest BCUT2D eigenvalue weighted by Crippen LogP contribution is 2.34. The normalized spacial score (nSPS) is 9.79. The second-order valence-electron chi connectivity index (χ2n) is 3.90. The number of aromatic nitrogens is 2. The minimum Gasteiger partial charge on any atom is -0.493 e. The summed E-state index contributed by atoms with van der Waals surface area (Å²) < 4.78 is 10.5. The first-order valence-electron chi connectivity index (χ1n) is 5.65. The lowest BCUT2D eigenvalue weighted by Crippen LogP contribution is -1.96. The van der Waals surface area contributed by atoms with Crippen LogP contribution in [0.2, 0.25) is 0 Å². The Morgan fingerprint density at radius 3 is 2.47 bits per heavy atom. The standard InChI is InChI=1S/C14H13N3O2/c1-9-6-12(18-2)13(19-3)7-10(9)11-4-5-16-14(8-15)17-11/h4-7H,1-3H3. The summed E-state index contributed by atoms with van der Waals surface area (Å²) in [6.45, 7) is 1.95. The zero-order valence-electron chi connectivity index (χ0n) is 11.0. The SMILES string of the molecule is COc1cc(C)c(-c2ccnc(C#N)n2)cc1OC. The number of nitriles is 1. The molecule has 5 nitrogen and oxygen atoms in total. The summed E-state index contributed by atoms with van der Waals surface area (Å²) >= 11 is 0. The zero-order valence-corrected chi connectivity index (χ0v) is 11.0. The molecule has 0 fully saturated rings. The predicted molar refractivity (Wildman–Crippen MR) is 70.0 cm³/mol. The fourth-order valence-corrected chi connectivity index (χ4v) is 1.82. The molecule has 2 aromatic rings. The summed E-state index contributed by atoms with van der Waals surface area (Å²) in [5.74, 6) is 1.44. The van der Waals surface area contributed by atoms with Crippen LogP contribution in [0.25, 0.3) is 11.3 Å². The van der Waals surface area contributed by atoms with Crippen LogP contribution in [-0.4, -0.2) is 24.2 Å². The van der Waals surface area contributed by atoms with Crippen LogP contribution in [-0.2, 0) is 0 Å². The topological polar surface area (TPSA) is 68.0 Å². The fraction of sp³-hybridized carbons (Fsp3) is 0.214. The number of ether oxygens (including phenoxy) is 2. The number of hydrogen-bond donors (Lipinski definition) is 0. The van der Waals surface area contributed by atoms with E-state index in [2.05, 4.69) is 9.97 Å². The Morgan fingerprint density at radius 2 is 1.84 bits per heavy atom. The largest absolute Gasteiger partial charge is 0.493 e. The summed E-state index contributed by atoms with van der Waals surface area (Å²) in [7, 11) is 3.17. The van der Waals surface area contributed by atoms with Gasteiger partial charge in [-0.1, -0.05) is 0 Å². The second kappa shape index (κ2) is 5.36. The van der Waals surface area contributed by atoms with Crippen LogP contribution >= 0.6 is 0 Å². The van der Waals surface area contributed by atoms with E-state index in [1.807, 2.05) is 25.1 Å². The molecule has 5 heteroatoms. The van der Waals surface area contributed by atoms with Crippen LogP contribution in [0.3, 0.4) is 0 Å². The molecular formula is C14H13N3O2. The Bertz CT molecular complexity index is 648. The molecule has 0 atom stereocenters. The van der Waals surface area contributed by atoms with Crippen LogP contribution in [0.15, 0.2) is 24.4 Å². The van der Waals surface area contributed by atoms with Gasteiger partial charge in [-0.3, -0.25) is 0 Å². The summed E-state index contributed by atoms with van der Waals surface area (Å²) in [6.07, 6.45) is 1.57. The fourth-order valence-electron chi connectivity index (χ4n) is 1.82. The van der Waals surface area contributed by atoms with Gasteiger partial charge in [0.1, 0.15) is 6.07 Å². The Kier molecular flexibility index (Phi) is 3.62. The number of benzene rings is 1. The highest BCUT2D eigenvalue weighted by atomic mass is 16.5. The van der Waals surface area contributed by atoms with Crippen molar-refractivity contribution in [2.45, 2.75) is 6.92 Å². The van der Waals surface area contributed by atoms with E-state index in [4.69, 9.17) is 14.7 Å².